The van der Waals surface area contributed by atoms with Crippen LogP contribution in [0, 0.1) is 5.92 Å². The van der Waals surface area contributed by atoms with E-state index in [1.165, 1.54) is 57.8 Å². The number of allylic oxidation sites excluding steroid dienone is 1. The van der Waals surface area contributed by atoms with Crippen molar-refractivity contribution in [2.75, 3.05) is 0 Å². The van der Waals surface area contributed by atoms with E-state index in [0.717, 1.165) is 12.3 Å². The van der Waals surface area contributed by atoms with Crippen LogP contribution in [0.4, 0.5) is 0 Å². The molecule has 0 saturated carbocycles. The van der Waals surface area contributed by atoms with Crippen LogP contribution >= 0.6 is 0 Å². The Morgan fingerprint density at radius 2 is 1.42 bits per heavy atom. The smallest absolute Gasteiger partial charge is 0.244 e. The minimum atomic E-state index is -0.290. The number of rotatable bonds is 12. The van der Waals surface area contributed by atoms with Gasteiger partial charge in [0.1, 0.15) is 0 Å². The molecular formula is C17H33NO. The molecule has 0 radical (unpaired) electrons. The zero-order valence-electron chi connectivity index (χ0n) is 13.2. The minimum absolute atomic E-state index is 0.290. The predicted molar refractivity (Wildman–Crippen MR) is 84.0 cm³/mol. The molecule has 0 aromatic carbocycles. The Bertz CT molecular complexity index is 256. The van der Waals surface area contributed by atoms with E-state index in [-0.39, 0.29) is 5.91 Å². The molecule has 2 N–H and O–H groups in total. The fourth-order valence-corrected chi connectivity index (χ4v) is 2.18. The van der Waals surface area contributed by atoms with Gasteiger partial charge in [0.15, 0.2) is 0 Å². The number of hydrogen-bond donors (Lipinski definition) is 1. The van der Waals surface area contributed by atoms with Crippen molar-refractivity contribution in [1.29, 1.82) is 0 Å². The molecular weight excluding hydrogens is 234 g/mol. The molecule has 0 spiro atoms. The lowest BCUT2D eigenvalue weighted by Crippen LogP contribution is -2.11. The maximum absolute atomic E-state index is 10.8. The van der Waals surface area contributed by atoms with Crippen LogP contribution in [-0.4, -0.2) is 5.91 Å². The molecule has 2 heteroatoms. The first-order chi connectivity index (χ1) is 9.04. The van der Waals surface area contributed by atoms with Gasteiger partial charge in [0.25, 0.3) is 0 Å². The van der Waals surface area contributed by atoms with Crippen molar-refractivity contribution in [3.05, 3.63) is 11.6 Å². The molecule has 0 unspecified atom stereocenters. The van der Waals surface area contributed by atoms with Gasteiger partial charge in [-0.25, -0.2) is 0 Å². The van der Waals surface area contributed by atoms with Crippen LogP contribution in [0.25, 0.3) is 0 Å². The third-order valence-electron chi connectivity index (χ3n) is 3.57. The Hall–Kier alpha value is -0.790. The maximum Gasteiger partial charge on any atom is 0.244 e. The molecule has 2 nitrogen and oxygen atoms in total. The van der Waals surface area contributed by atoms with Gasteiger partial charge in [0, 0.05) is 5.57 Å². The Morgan fingerprint density at radius 3 is 1.89 bits per heavy atom. The third kappa shape index (κ3) is 13.4. The SMILES string of the molecule is C/C(=C\CCCCCCCCCCC(C)C)C(N)=O. The largest absolute Gasteiger partial charge is 0.366 e. The highest BCUT2D eigenvalue weighted by atomic mass is 16.1. The van der Waals surface area contributed by atoms with Gasteiger partial charge in [0.2, 0.25) is 5.91 Å². The lowest BCUT2D eigenvalue weighted by atomic mass is 10.0. The molecule has 0 rings (SSSR count). The van der Waals surface area contributed by atoms with Crippen molar-refractivity contribution in [2.45, 2.75) is 85.0 Å². The van der Waals surface area contributed by atoms with Crippen molar-refractivity contribution in [3.8, 4) is 0 Å². The summed E-state index contributed by atoms with van der Waals surface area (Å²) in [7, 11) is 0. The average molecular weight is 267 g/mol. The molecule has 0 aliphatic rings. The van der Waals surface area contributed by atoms with Gasteiger partial charge in [-0.15, -0.1) is 0 Å². The first-order valence-corrected chi connectivity index (χ1v) is 8.00. The van der Waals surface area contributed by atoms with Crippen molar-refractivity contribution in [3.63, 3.8) is 0 Å². The molecule has 0 heterocycles. The fourth-order valence-electron chi connectivity index (χ4n) is 2.18. The molecule has 0 aromatic rings. The Kier molecular flexibility index (Phi) is 11.7. The van der Waals surface area contributed by atoms with Gasteiger partial charge in [-0.05, 0) is 25.7 Å². The van der Waals surface area contributed by atoms with Crippen LogP contribution in [0.2, 0.25) is 0 Å². The van der Waals surface area contributed by atoms with Crippen molar-refractivity contribution < 1.29 is 4.79 Å². The molecule has 0 fully saturated rings. The first-order valence-electron chi connectivity index (χ1n) is 8.00. The first kappa shape index (κ1) is 18.2. The lowest BCUT2D eigenvalue weighted by Gasteiger charge is -2.04. The van der Waals surface area contributed by atoms with Gasteiger partial charge < -0.3 is 5.73 Å². The fraction of sp³-hybridized carbons (Fsp3) is 0.824. The van der Waals surface area contributed by atoms with E-state index in [1.807, 2.05) is 6.08 Å². The summed E-state index contributed by atoms with van der Waals surface area (Å²) in [5, 5.41) is 0. The molecule has 0 aliphatic heterocycles. The highest BCUT2D eigenvalue weighted by Crippen LogP contribution is 2.13. The summed E-state index contributed by atoms with van der Waals surface area (Å²) < 4.78 is 0. The zero-order valence-corrected chi connectivity index (χ0v) is 13.2. The zero-order chi connectivity index (χ0) is 14.5. The Morgan fingerprint density at radius 1 is 0.947 bits per heavy atom. The summed E-state index contributed by atoms with van der Waals surface area (Å²) in [6.07, 6.45) is 15.1. The van der Waals surface area contributed by atoms with Crippen molar-refractivity contribution >= 4 is 5.91 Å². The van der Waals surface area contributed by atoms with E-state index in [0.29, 0.717) is 5.57 Å². The predicted octanol–water partition coefficient (Wildman–Crippen LogP) is 4.98. The highest BCUT2D eigenvalue weighted by Gasteiger charge is 1.96. The molecule has 0 aromatic heterocycles. The maximum atomic E-state index is 10.8. The van der Waals surface area contributed by atoms with Crippen LogP contribution in [0.3, 0.4) is 0 Å². The van der Waals surface area contributed by atoms with Crippen LogP contribution in [0.15, 0.2) is 11.6 Å². The van der Waals surface area contributed by atoms with Crippen LogP contribution in [0.5, 0.6) is 0 Å². The normalized spacial score (nSPS) is 12.1. The van der Waals surface area contributed by atoms with Crippen LogP contribution in [-0.2, 0) is 4.79 Å². The third-order valence-corrected chi connectivity index (χ3v) is 3.57. The summed E-state index contributed by atoms with van der Waals surface area (Å²) in [6.45, 7) is 6.39. The second-order valence-corrected chi connectivity index (χ2v) is 6.05. The minimum Gasteiger partial charge on any atom is -0.366 e. The molecule has 0 bridgehead atoms. The van der Waals surface area contributed by atoms with E-state index in [4.69, 9.17) is 5.73 Å². The van der Waals surface area contributed by atoms with Crippen molar-refractivity contribution in [1.82, 2.24) is 0 Å². The highest BCUT2D eigenvalue weighted by molar-refractivity contribution is 5.91. The van der Waals surface area contributed by atoms with E-state index in [9.17, 15) is 4.79 Å². The molecule has 19 heavy (non-hydrogen) atoms. The summed E-state index contributed by atoms with van der Waals surface area (Å²) >= 11 is 0. The molecule has 0 aliphatic carbocycles. The number of primary amides is 1. The number of hydrogen-bond acceptors (Lipinski definition) is 1. The number of amides is 1. The van der Waals surface area contributed by atoms with E-state index < -0.39 is 0 Å². The number of nitrogens with two attached hydrogens (primary N) is 1. The molecule has 1 amide bonds. The number of carbonyl (C=O) groups excluding carboxylic acids is 1. The summed E-state index contributed by atoms with van der Waals surface area (Å²) in [5.74, 6) is 0.568. The van der Waals surface area contributed by atoms with E-state index in [2.05, 4.69) is 13.8 Å². The Balaban J connectivity index is 3.19. The quantitative estimate of drug-likeness (QED) is 0.393. The van der Waals surface area contributed by atoms with Crippen LogP contribution in [0.1, 0.15) is 85.0 Å². The summed E-state index contributed by atoms with van der Waals surface area (Å²) in [6, 6.07) is 0. The monoisotopic (exact) mass is 267 g/mol. The van der Waals surface area contributed by atoms with Gasteiger partial charge in [-0.3, -0.25) is 4.79 Å². The summed E-state index contributed by atoms with van der Waals surface area (Å²) in [4.78, 5) is 10.8. The lowest BCUT2D eigenvalue weighted by molar-refractivity contribution is -0.114. The average Bonchev–Trinajstić information content (AvgIpc) is 2.35. The Labute approximate surface area is 119 Å². The topological polar surface area (TPSA) is 43.1 Å². The van der Waals surface area contributed by atoms with Crippen LogP contribution < -0.4 is 5.73 Å². The summed E-state index contributed by atoms with van der Waals surface area (Å²) in [5.41, 5.74) is 5.87. The second kappa shape index (κ2) is 12.3. The number of unbranched alkanes of at least 4 members (excludes halogenated alkanes) is 8. The molecule has 0 saturated heterocycles. The van der Waals surface area contributed by atoms with Gasteiger partial charge >= 0.3 is 0 Å². The van der Waals surface area contributed by atoms with Gasteiger partial charge in [-0.2, -0.15) is 0 Å². The van der Waals surface area contributed by atoms with E-state index >= 15 is 0 Å². The van der Waals surface area contributed by atoms with Gasteiger partial charge in [0.05, 0.1) is 0 Å². The second-order valence-electron chi connectivity index (χ2n) is 6.05. The molecule has 0 atom stereocenters. The van der Waals surface area contributed by atoms with E-state index in [1.54, 1.807) is 6.92 Å². The van der Waals surface area contributed by atoms with Crippen molar-refractivity contribution in [2.24, 2.45) is 11.7 Å². The standard InChI is InChI=1S/C17H33NO/c1-15(2)13-11-9-7-5-4-6-8-10-12-14-16(3)17(18)19/h14-15H,4-13H2,1-3H3,(H2,18,19)/b16-14+. The number of carbonyl (C=O) groups is 1. The molecule has 112 valence electrons. The van der Waals surface area contributed by atoms with Gasteiger partial charge in [-0.1, -0.05) is 71.3 Å².